The van der Waals surface area contributed by atoms with Crippen molar-refractivity contribution in [2.24, 2.45) is 17.8 Å². The van der Waals surface area contributed by atoms with Crippen LogP contribution in [0.5, 0.6) is 0 Å². The molecule has 0 radical (unpaired) electrons. The highest BCUT2D eigenvalue weighted by Gasteiger charge is 2.80. The second kappa shape index (κ2) is 13.6. The molecule has 3 aliphatic heterocycles. The van der Waals surface area contributed by atoms with Crippen LogP contribution in [-0.2, 0) is 19.1 Å². The number of ether oxygens (including phenoxy) is 1. The van der Waals surface area contributed by atoms with E-state index in [1.54, 1.807) is 26.9 Å². The van der Waals surface area contributed by atoms with Gasteiger partial charge in [0.15, 0.2) is 0 Å². The number of hydrogen-bond acceptors (Lipinski definition) is 5. The van der Waals surface area contributed by atoms with Gasteiger partial charge in [0.1, 0.15) is 11.6 Å². The van der Waals surface area contributed by atoms with Gasteiger partial charge in [0.05, 0.1) is 17.4 Å². The Hall–Kier alpha value is -2.97. The van der Waals surface area contributed by atoms with Crippen molar-refractivity contribution in [1.82, 2.24) is 9.80 Å². The average molecular weight is 580 g/mol. The molecule has 1 aromatic rings. The molecule has 8 heteroatoms. The predicted octanol–water partition coefficient (Wildman–Crippen LogP) is 4.58. The van der Waals surface area contributed by atoms with E-state index in [0.29, 0.717) is 45.4 Å². The molecule has 8 nitrogen and oxygen atoms in total. The lowest BCUT2D eigenvalue weighted by Crippen LogP contribution is -2.57. The molecule has 3 fully saturated rings. The van der Waals surface area contributed by atoms with E-state index >= 15 is 0 Å². The highest BCUT2D eigenvalue weighted by Crippen LogP contribution is 2.65. The summed E-state index contributed by atoms with van der Waals surface area (Å²) >= 11 is 0. The van der Waals surface area contributed by atoms with Gasteiger partial charge in [0, 0.05) is 38.5 Å². The summed E-state index contributed by atoms with van der Waals surface area (Å²) in [5.74, 6) is -1.95. The van der Waals surface area contributed by atoms with Crippen molar-refractivity contribution in [3.8, 4) is 0 Å². The largest absolute Gasteiger partial charge is 0.396 e. The summed E-state index contributed by atoms with van der Waals surface area (Å²) in [6.45, 7) is 15.7. The van der Waals surface area contributed by atoms with Gasteiger partial charge in [-0.25, -0.2) is 0 Å². The van der Waals surface area contributed by atoms with E-state index in [-0.39, 0.29) is 30.2 Å². The maximum absolute atomic E-state index is 14.5. The third-order valence-electron chi connectivity index (χ3n) is 9.71. The molecule has 6 atom stereocenters. The second-order valence-electron chi connectivity index (χ2n) is 12.4. The second-order valence-corrected chi connectivity index (χ2v) is 12.4. The van der Waals surface area contributed by atoms with Gasteiger partial charge in [-0.15, -0.1) is 13.2 Å². The van der Waals surface area contributed by atoms with Crippen LogP contribution in [0.3, 0.4) is 0 Å². The summed E-state index contributed by atoms with van der Waals surface area (Å²) in [4.78, 5) is 48.7. The number of amides is 3. The van der Waals surface area contributed by atoms with Crippen LogP contribution in [0.15, 0.2) is 55.6 Å². The molecule has 3 aliphatic rings. The molecule has 42 heavy (non-hydrogen) atoms. The topological polar surface area (TPSA) is 90.4 Å². The first-order valence-corrected chi connectivity index (χ1v) is 15.7. The maximum atomic E-state index is 14.5. The maximum Gasteiger partial charge on any atom is 0.248 e. The van der Waals surface area contributed by atoms with Crippen LogP contribution < -0.4 is 4.90 Å². The van der Waals surface area contributed by atoms with Crippen molar-refractivity contribution in [3.63, 3.8) is 0 Å². The molecule has 230 valence electrons. The van der Waals surface area contributed by atoms with Gasteiger partial charge in [0.25, 0.3) is 0 Å². The van der Waals surface area contributed by atoms with Gasteiger partial charge in [-0.3, -0.25) is 14.4 Å². The highest BCUT2D eigenvalue weighted by molar-refractivity contribution is 6.03. The first-order valence-electron chi connectivity index (χ1n) is 15.7. The Morgan fingerprint density at radius 1 is 1.07 bits per heavy atom. The number of benzene rings is 1. The van der Waals surface area contributed by atoms with E-state index in [9.17, 15) is 19.5 Å². The van der Waals surface area contributed by atoms with Crippen LogP contribution in [0.4, 0.5) is 5.69 Å². The zero-order valence-corrected chi connectivity index (χ0v) is 25.7. The normalized spacial score (nSPS) is 29.4. The molecular formula is C34H49N3O5. The Bertz CT molecular complexity index is 1140. The van der Waals surface area contributed by atoms with Crippen LogP contribution in [0.1, 0.15) is 65.7 Å². The Balaban J connectivity index is 1.76. The number of carbonyl (C=O) groups is 3. The molecule has 3 saturated heterocycles. The zero-order chi connectivity index (χ0) is 30.5. The van der Waals surface area contributed by atoms with Crippen molar-refractivity contribution >= 4 is 23.4 Å². The van der Waals surface area contributed by atoms with Crippen LogP contribution in [0.2, 0.25) is 0 Å². The van der Waals surface area contributed by atoms with E-state index in [0.717, 1.165) is 31.4 Å². The fourth-order valence-corrected chi connectivity index (χ4v) is 7.58. The Morgan fingerprint density at radius 3 is 2.40 bits per heavy atom. The minimum absolute atomic E-state index is 0.0276. The summed E-state index contributed by atoms with van der Waals surface area (Å²) in [7, 11) is 0. The van der Waals surface area contributed by atoms with E-state index in [1.165, 1.54) is 0 Å². The average Bonchev–Trinajstić information content (AvgIpc) is 3.50. The number of likely N-dealkylation sites (tertiary alicyclic amines) is 1. The fourth-order valence-electron chi connectivity index (χ4n) is 7.58. The van der Waals surface area contributed by atoms with E-state index in [1.807, 2.05) is 37.3 Å². The van der Waals surface area contributed by atoms with Crippen molar-refractivity contribution in [2.75, 3.05) is 37.7 Å². The molecule has 1 aromatic carbocycles. The van der Waals surface area contributed by atoms with Crippen molar-refractivity contribution in [1.29, 1.82) is 0 Å². The number of aliphatic hydroxyl groups is 1. The number of aliphatic hydroxyl groups excluding tert-OH is 1. The summed E-state index contributed by atoms with van der Waals surface area (Å²) in [6, 6.07) is 8.66. The minimum atomic E-state index is -1.07. The standard InChI is InChI=1S/C34H49N3O5/c1-6-9-21-35(19-7-2)32(41)29-34-24-25(4)33(5,42-34)27(28(34)31(40)37(29)22-15-10-11-16-23-38)30(39)36(20-8-3)26-17-13-12-14-18-26/h7-8,12-14,17-18,25,27-29,38H,2-3,6,9-11,15-16,19-24H2,1,4-5H3/t25?,27-,28+,29?,33+,34?/m1/s1. The van der Waals surface area contributed by atoms with E-state index in [4.69, 9.17) is 4.74 Å². The number of fused-ring (bicyclic) bond motifs is 1. The number of nitrogens with zero attached hydrogens (tertiary/aromatic N) is 3. The highest BCUT2D eigenvalue weighted by atomic mass is 16.5. The van der Waals surface area contributed by atoms with Gasteiger partial charge < -0.3 is 24.5 Å². The van der Waals surface area contributed by atoms with Crippen LogP contribution in [0.25, 0.3) is 0 Å². The molecule has 4 rings (SSSR count). The van der Waals surface area contributed by atoms with E-state index in [2.05, 4.69) is 27.0 Å². The lowest BCUT2D eigenvalue weighted by Gasteiger charge is -2.39. The van der Waals surface area contributed by atoms with Crippen LogP contribution >= 0.6 is 0 Å². The van der Waals surface area contributed by atoms with Crippen molar-refractivity contribution in [2.45, 2.75) is 83.0 Å². The zero-order valence-electron chi connectivity index (χ0n) is 25.7. The number of unbranched alkanes of at least 4 members (excludes halogenated alkanes) is 4. The summed E-state index contributed by atoms with van der Waals surface area (Å²) in [6.07, 6.45) is 8.88. The predicted molar refractivity (Wildman–Crippen MR) is 165 cm³/mol. The first kappa shape index (κ1) is 32.0. The fraction of sp³-hybridized carbons (Fsp3) is 0.618. The molecule has 3 unspecified atom stereocenters. The molecule has 0 aromatic heterocycles. The smallest absolute Gasteiger partial charge is 0.248 e. The number of hydrogen-bond donors (Lipinski definition) is 1. The van der Waals surface area contributed by atoms with Gasteiger partial charge in [-0.2, -0.15) is 0 Å². The quantitative estimate of drug-likeness (QED) is 0.229. The summed E-state index contributed by atoms with van der Waals surface area (Å²) < 4.78 is 6.95. The monoisotopic (exact) mass is 579 g/mol. The summed E-state index contributed by atoms with van der Waals surface area (Å²) in [5.41, 5.74) is -1.22. The van der Waals surface area contributed by atoms with Crippen molar-refractivity contribution < 1.29 is 24.2 Å². The van der Waals surface area contributed by atoms with Gasteiger partial charge in [-0.1, -0.05) is 63.5 Å². The molecule has 0 saturated carbocycles. The van der Waals surface area contributed by atoms with Gasteiger partial charge in [0.2, 0.25) is 17.7 Å². The number of anilines is 1. The number of para-hydroxylation sites is 1. The molecule has 3 amide bonds. The third kappa shape index (κ3) is 5.55. The molecule has 1 N–H and O–H groups in total. The first-order chi connectivity index (χ1) is 20.2. The Morgan fingerprint density at radius 2 is 1.76 bits per heavy atom. The molecule has 3 heterocycles. The lowest BCUT2D eigenvalue weighted by molar-refractivity contribution is -0.152. The minimum Gasteiger partial charge on any atom is -0.396 e. The molecule has 1 spiro atoms. The van der Waals surface area contributed by atoms with Crippen LogP contribution in [-0.4, -0.2) is 82.7 Å². The van der Waals surface area contributed by atoms with Crippen molar-refractivity contribution in [3.05, 3.63) is 55.6 Å². The van der Waals surface area contributed by atoms with Gasteiger partial charge >= 0.3 is 0 Å². The number of carbonyl (C=O) groups excluding carboxylic acids is 3. The molecule has 2 bridgehead atoms. The summed E-state index contributed by atoms with van der Waals surface area (Å²) in [5, 5.41) is 9.21. The molecular weight excluding hydrogens is 530 g/mol. The SMILES string of the molecule is C=CCN(CCCC)C(=O)C1N(CCCCCCO)C(=O)[C@@H]2[C@H](C(=O)N(CC=C)c3ccccc3)[C@@]3(C)OC12CC3C. The lowest BCUT2D eigenvalue weighted by atomic mass is 9.62. The Kier molecular flexibility index (Phi) is 10.3. The molecule has 0 aliphatic carbocycles. The Labute approximate surface area is 251 Å². The van der Waals surface area contributed by atoms with Crippen LogP contribution in [0, 0.1) is 17.8 Å². The van der Waals surface area contributed by atoms with Gasteiger partial charge in [-0.05, 0) is 50.7 Å². The third-order valence-corrected chi connectivity index (χ3v) is 9.71. The number of rotatable bonds is 16. The van der Waals surface area contributed by atoms with E-state index < -0.39 is 29.1 Å².